The van der Waals surface area contributed by atoms with Crippen LogP contribution in [-0.4, -0.2) is 35.0 Å². The van der Waals surface area contributed by atoms with Crippen LogP contribution in [0, 0.1) is 5.92 Å². The van der Waals surface area contributed by atoms with E-state index in [4.69, 9.17) is 0 Å². The van der Waals surface area contributed by atoms with Crippen molar-refractivity contribution in [2.45, 2.75) is 63.1 Å². The van der Waals surface area contributed by atoms with Crippen LogP contribution < -0.4 is 5.32 Å². The molecule has 2 aliphatic rings. The number of hydrogen-bond acceptors (Lipinski definition) is 3. The molecule has 2 fully saturated rings. The molecule has 2 atom stereocenters. The van der Waals surface area contributed by atoms with Gasteiger partial charge in [0.2, 0.25) is 0 Å². The fraction of sp³-hybridized carbons (Fsp3) is 1.00. The van der Waals surface area contributed by atoms with E-state index in [1.54, 1.807) is 0 Å². The summed E-state index contributed by atoms with van der Waals surface area (Å²) in [4.78, 5) is 0. The maximum absolute atomic E-state index is 10.3. The van der Waals surface area contributed by atoms with E-state index in [0.717, 1.165) is 45.2 Å². The quantitative estimate of drug-likeness (QED) is 0.681. The largest absolute Gasteiger partial charge is 0.393 e. The van der Waals surface area contributed by atoms with Crippen molar-refractivity contribution in [3.8, 4) is 0 Å². The minimum Gasteiger partial charge on any atom is -0.393 e. The van der Waals surface area contributed by atoms with Crippen LogP contribution in [0.5, 0.6) is 0 Å². The Morgan fingerprint density at radius 2 is 1.88 bits per heavy atom. The number of nitrogens with one attached hydrogen (secondary N) is 1. The molecule has 0 radical (unpaired) electrons. The van der Waals surface area contributed by atoms with E-state index >= 15 is 0 Å². The third-order valence-electron chi connectivity index (χ3n) is 4.18. The molecule has 2 rings (SSSR count). The van der Waals surface area contributed by atoms with Crippen LogP contribution in [0.15, 0.2) is 0 Å². The highest BCUT2D eigenvalue weighted by Gasteiger charge is 2.29. The number of hydrogen-bond donors (Lipinski definition) is 3. The van der Waals surface area contributed by atoms with Gasteiger partial charge in [0.25, 0.3) is 0 Å². The molecule has 2 aliphatic carbocycles. The maximum atomic E-state index is 10.3. The predicted octanol–water partition coefficient (Wildman–Crippen LogP) is 1.43. The molecule has 0 heterocycles. The molecular formula is C13H25NO2. The monoisotopic (exact) mass is 227 g/mol. The molecule has 3 nitrogen and oxygen atoms in total. The summed E-state index contributed by atoms with van der Waals surface area (Å²) in [6.07, 6.45) is 8.46. The highest BCUT2D eigenvalue weighted by Crippen LogP contribution is 2.28. The standard InChI is InChI=1S/C13H25NO2/c15-12-5-4-11(8-12)9-14-10-13(16)6-2-1-3-7-13/h11-12,14-16H,1-10H2. The van der Waals surface area contributed by atoms with Gasteiger partial charge in [0, 0.05) is 6.54 Å². The van der Waals surface area contributed by atoms with Crippen LogP contribution in [0.25, 0.3) is 0 Å². The van der Waals surface area contributed by atoms with E-state index in [-0.39, 0.29) is 6.10 Å². The van der Waals surface area contributed by atoms with Crippen molar-refractivity contribution in [2.24, 2.45) is 5.92 Å². The van der Waals surface area contributed by atoms with Gasteiger partial charge in [-0.3, -0.25) is 0 Å². The molecule has 0 bridgehead atoms. The van der Waals surface area contributed by atoms with E-state index in [1.807, 2.05) is 0 Å². The Morgan fingerprint density at radius 1 is 1.12 bits per heavy atom. The molecule has 0 spiro atoms. The van der Waals surface area contributed by atoms with Crippen LogP contribution in [0.4, 0.5) is 0 Å². The van der Waals surface area contributed by atoms with E-state index in [2.05, 4.69) is 5.32 Å². The Kier molecular flexibility index (Phi) is 4.22. The maximum Gasteiger partial charge on any atom is 0.0771 e. The molecule has 0 saturated heterocycles. The van der Waals surface area contributed by atoms with Crippen molar-refractivity contribution in [2.75, 3.05) is 13.1 Å². The van der Waals surface area contributed by atoms with Gasteiger partial charge in [0.15, 0.2) is 0 Å². The summed E-state index contributed by atoms with van der Waals surface area (Å²) in [6, 6.07) is 0. The lowest BCUT2D eigenvalue weighted by atomic mass is 9.85. The third kappa shape index (κ3) is 3.44. The molecule has 0 amide bonds. The van der Waals surface area contributed by atoms with Gasteiger partial charge in [-0.1, -0.05) is 19.3 Å². The summed E-state index contributed by atoms with van der Waals surface area (Å²) < 4.78 is 0. The van der Waals surface area contributed by atoms with Crippen LogP contribution >= 0.6 is 0 Å². The van der Waals surface area contributed by atoms with Crippen LogP contribution in [0.2, 0.25) is 0 Å². The van der Waals surface area contributed by atoms with Crippen molar-refractivity contribution >= 4 is 0 Å². The molecule has 0 aromatic carbocycles. The first-order valence-corrected chi connectivity index (χ1v) is 6.79. The summed E-state index contributed by atoms with van der Waals surface area (Å²) in [5.41, 5.74) is -0.449. The lowest BCUT2D eigenvalue weighted by molar-refractivity contribution is 0.00431. The Labute approximate surface area is 98.2 Å². The van der Waals surface area contributed by atoms with Gasteiger partial charge >= 0.3 is 0 Å². The zero-order valence-corrected chi connectivity index (χ0v) is 10.1. The Bertz CT molecular complexity index is 214. The van der Waals surface area contributed by atoms with Gasteiger partial charge in [0.05, 0.1) is 11.7 Å². The summed E-state index contributed by atoms with van der Waals surface area (Å²) >= 11 is 0. The molecule has 16 heavy (non-hydrogen) atoms. The summed E-state index contributed by atoms with van der Waals surface area (Å²) in [6.45, 7) is 1.69. The number of rotatable bonds is 4. The lowest BCUT2D eigenvalue weighted by Gasteiger charge is -2.32. The Hall–Kier alpha value is -0.120. The molecule has 3 heteroatoms. The molecule has 2 unspecified atom stereocenters. The SMILES string of the molecule is OC1CCC(CNCC2(O)CCCCC2)C1. The van der Waals surface area contributed by atoms with Gasteiger partial charge < -0.3 is 15.5 Å². The zero-order chi connectivity index (χ0) is 11.4. The van der Waals surface area contributed by atoms with Crippen molar-refractivity contribution in [3.05, 3.63) is 0 Å². The van der Waals surface area contributed by atoms with Gasteiger partial charge in [0.1, 0.15) is 0 Å². The van der Waals surface area contributed by atoms with Crippen molar-refractivity contribution in [1.29, 1.82) is 0 Å². The minimum atomic E-state index is -0.449. The average Bonchev–Trinajstić information content (AvgIpc) is 2.65. The minimum absolute atomic E-state index is 0.0791. The van der Waals surface area contributed by atoms with E-state index in [1.165, 1.54) is 19.3 Å². The van der Waals surface area contributed by atoms with Gasteiger partial charge in [-0.05, 0) is 44.6 Å². The first-order valence-electron chi connectivity index (χ1n) is 6.79. The van der Waals surface area contributed by atoms with Crippen molar-refractivity contribution < 1.29 is 10.2 Å². The first kappa shape index (κ1) is 12.3. The third-order valence-corrected chi connectivity index (χ3v) is 4.18. The topological polar surface area (TPSA) is 52.5 Å². The van der Waals surface area contributed by atoms with Crippen LogP contribution in [-0.2, 0) is 0 Å². The first-order chi connectivity index (χ1) is 7.68. The van der Waals surface area contributed by atoms with Crippen LogP contribution in [0.1, 0.15) is 51.4 Å². The molecule has 3 N–H and O–H groups in total. The van der Waals surface area contributed by atoms with E-state index in [0.29, 0.717) is 5.92 Å². The highest BCUT2D eigenvalue weighted by molar-refractivity contribution is 4.85. The molecule has 0 aromatic rings. The molecule has 94 valence electrons. The average molecular weight is 227 g/mol. The van der Waals surface area contributed by atoms with Gasteiger partial charge in [-0.2, -0.15) is 0 Å². The van der Waals surface area contributed by atoms with Crippen LogP contribution in [0.3, 0.4) is 0 Å². The lowest BCUT2D eigenvalue weighted by Crippen LogP contribution is -2.43. The molecule has 0 aromatic heterocycles. The van der Waals surface area contributed by atoms with E-state index < -0.39 is 5.60 Å². The Balaban J connectivity index is 1.63. The fourth-order valence-corrected chi connectivity index (χ4v) is 3.13. The summed E-state index contributed by atoms with van der Waals surface area (Å²) in [7, 11) is 0. The second-order valence-corrected chi connectivity index (χ2v) is 5.75. The smallest absolute Gasteiger partial charge is 0.0771 e. The normalized spacial score (nSPS) is 34.1. The van der Waals surface area contributed by atoms with Crippen molar-refractivity contribution in [3.63, 3.8) is 0 Å². The second-order valence-electron chi connectivity index (χ2n) is 5.75. The summed E-state index contributed by atoms with van der Waals surface area (Å²) in [5.74, 6) is 0.613. The molecule has 2 saturated carbocycles. The van der Waals surface area contributed by atoms with Crippen molar-refractivity contribution in [1.82, 2.24) is 5.32 Å². The number of aliphatic hydroxyl groups excluding tert-OH is 1. The Morgan fingerprint density at radius 3 is 2.50 bits per heavy atom. The molecule has 0 aliphatic heterocycles. The summed E-state index contributed by atoms with van der Waals surface area (Å²) in [5, 5.41) is 23.1. The zero-order valence-electron chi connectivity index (χ0n) is 10.1. The molecular weight excluding hydrogens is 202 g/mol. The van der Waals surface area contributed by atoms with Gasteiger partial charge in [-0.15, -0.1) is 0 Å². The highest BCUT2D eigenvalue weighted by atomic mass is 16.3. The number of aliphatic hydroxyl groups is 2. The second kappa shape index (κ2) is 5.48. The predicted molar refractivity (Wildman–Crippen MR) is 64.3 cm³/mol. The van der Waals surface area contributed by atoms with E-state index in [9.17, 15) is 10.2 Å². The van der Waals surface area contributed by atoms with Gasteiger partial charge in [-0.25, -0.2) is 0 Å². The fourth-order valence-electron chi connectivity index (χ4n) is 3.13.